The van der Waals surface area contributed by atoms with Crippen LogP contribution < -0.4 is 37.2 Å². The predicted octanol–water partition coefficient (Wildman–Crippen LogP) is 13.9. The molecule has 0 aliphatic heterocycles. The molecule has 0 aliphatic rings. The van der Waals surface area contributed by atoms with Crippen molar-refractivity contribution in [3.63, 3.8) is 0 Å². The second-order valence-corrected chi connectivity index (χ2v) is 30.1. The molecule has 0 saturated heterocycles. The number of alkyl carbamates (subject to hydrolysis) is 1. The van der Waals surface area contributed by atoms with Gasteiger partial charge in [-0.05, 0) is 137 Å². The van der Waals surface area contributed by atoms with Crippen molar-refractivity contribution >= 4 is 65.4 Å². The van der Waals surface area contributed by atoms with Gasteiger partial charge in [-0.15, -0.1) is 0 Å². The van der Waals surface area contributed by atoms with E-state index < -0.39 is 40.9 Å². The summed E-state index contributed by atoms with van der Waals surface area (Å²) in [4.78, 5) is 106. The molecule has 0 radical (unpaired) electrons. The molecule has 21 nitrogen and oxygen atoms in total. The maximum absolute atomic E-state index is 12.7. The number of thioether (sulfide) groups is 1. The average Bonchev–Trinajstić information content (AvgIpc) is 0.904. The van der Waals surface area contributed by atoms with Crippen molar-refractivity contribution in [3.8, 4) is 0 Å². The number of carbonyl (C=O) groups excluding carboxylic acids is 7. The lowest BCUT2D eigenvalue weighted by Crippen LogP contribution is -2.43. The van der Waals surface area contributed by atoms with Gasteiger partial charge in [0.05, 0.1) is 37.5 Å². The number of nitrogens with one attached hydrogen (secondary N) is 7. The molecule has 98 heavy (non-hydrogen) atoms. The third-order valence-corrected chi connectivity index (χ3v) is 17.6. The van der Waals surface area contributed by atoms with Crippen molar-refractivity contribution in [1.82, 2.24) is 37.2 Å². The van der Waals surface area contributed by atoms with E-state index in [4.69, 9.17) is 24.4 Å². The Kier molecular flexibility index (Phi) is 55.9. The molecule has 0 bridgehead atoms. The molecule has 0 aliphatic carbocycles. The van der Waals surface area contributed by atoms with Crippen molar-refractivity contribution in [3.05, 3.63) is 34.4 Å². The maximum Gasteiger partial charge on any atom is 0.407 e. The standard InChI is InChI=1S/C76H131N7O14S/c1-74(2,3)95-60-69(68(58-88)82-53-67(57-87)81-52-66(56-86)80-51-65(55-85)77-46-37-31-38-47-78-70(59-89)96-75(4,5)6)83-64(54-84)45-49-98-61-63(42-33-28-24-20-16-11-10-12-17-21-25-29-34-43-71(90)91)50-62(41-36-39-48-79-73(94)97-76(7,8)9)40-32-27-23-19-15-13-14-18-22-26-30-35-44-72(92)93/h62-63,69,77-78,80-83H,10-53,60-61H2,1-9H3,(H,79,94)(H,90,91)(H,92,93). The van der Waals surface area contributed by atoms with Crippen LogP contribution in [0.1, 0.15) is 300 Å². The van der Waals surface area contributed by atoms with Gasteiger partial charge in [0.2, 0.25) is 0 Å². The molecule has 22 heteroatoms. The Morgan fingerprint density at radius 1 is 0.388 bits per heavy atom. The van der Waals surface area contributed by atoms with E-state index in [0.717, 1.165) is 102 Å². The quantitative estimate of drug-likeness (QED) is 0.0155. The van der Waals surface area contributed by atoms with Gasteiger partial charge in [-0.1, -0.05) is 167 Å². The van der Waals surface area contributed by atoms with Crippen LogP contribution in [0.3, 0.4) is 0 Å². The molecular formula is C76H131N7O14S. The van der Waals surface area contributed by atoms with Crippen molar-refractivity contribution in [1.29, 1.82) is 0 Å². The normalized spacial score (nSPS) is 12.1. The zero-order valence-electron chi connectivity index (χ0n) is 62.0. The van der Waals surface area contributed by atoms with E-state index in [-0.39, 0.29) is 73.5 Å². The molecule has 0 fully saturated rings. The summed E-state index contributed by atoms with van der Waals surface area (Å²) in [6.45, 7) is 17.7. The molecule has 0 spiro atoms. The maximum atomic E-state index is 12.7. The lowest BCUT2D eigenvalue weighted by Gasteiger charge is -2.27. The minimum absolute atomic E-state index is 0.00609. The molecule has 0 heterocycles. The molecule has 3 atom stereocenters. The van der Waals surface area contributed by atoms with Gasteiger partial charge >= 0.3 is 18.0 Å². The van der Waals surface area contributed by atoms with Crippen molar-refractivity contribution < 1.29 is 67.6 Å². The van der Waals surface area contributed by atoms with E-state index >= 15 is 0 Å². The van der Waals surface area contributed by atoms with E-state index in [1.807, 2.05) is 91.9 Å². The minimum atomic E-state index is -0.869. The van der Waals surface area contributed by atoms with Crippen LogP contribution in [0.2, 0.25) is 0 Å². The zero-order chi connectivity index (χ0) is 73.0. The third-order valence-electron chi connectivity index (χ3n) is 16.4. The zero-order valence-corrected chi connectivity index (χ0v) is 62.8. The molecule has 0 aromatic carbocycles. The first kappa shape index (κ1) is 91.8. The van der Waals surface area contributed by atoms with E-state index in [9.17, 15) is 43.2 Å². The van der Waals surface area contributed by atoms with Gasteiger partial charge < -0.3 is 61.6 Å². The van der Waals surface area contributed by atoms with Crippen LogP contribution >= 0.6 is 11.8 Å². The van der Waals surface area contributed by atoms with E-state index in [0.29, 0.717) is 50.1 Å². The summed E-state index contributed by atoms with van der Waals surface area (Å²) in [6.07, 6.45) is 37.8. The molecule has 0 aromatic heterocycles. The number of unbranched alkanes of at least 4 members (excludes halogenated alkanes) is 26. The number of rotatable bonds is 66. The number of carboxylic acid groups (broad SMARTS) is 2. The van der Waals surface area contributed by atoms with Crippen LogP contribution in [0.25, 0.3) is 0 Å². The molecule has 560 valence electrons. The van der Waals surface area contributed by atoms with Crippen molar-refractivity contribution in [2.45, 2.75) is 323 Å². The topological polar surface area (TPSA) is 306 Å². The largest absolute Gasteiger partial charge is 0.481 e. The summed E-state index contributed by atoms with van der Waals surface area (Å²) in [5, 5.41) is 38.4. The fourth-order valence-electron chi connectivity index (χ4n) is 11.1. The number of allylic oxidation sites excluding steroid dienone is 1. The second-order valence-electron chi connectivity index (χ2n) is 29.0. The molecule has 0 saturated carbocycles. The summed E-state index contributed by atoms with van der Waals surface area (Å²) in [7, 11) is 0. The average molecular weight is 1400 g/mol. The van der Waals surface area contributed by atoms with Crippen LogP contribution in [-0.2, 0) is 52.6 Å². The second kappa shape index (κ2) is 59.7. The highest BCUT2D eigenvalue weighted by molar-refractivity contribution is 7.99. The first-order chi connectivity index (χ1) is 46.9. The van der Waals surface area contributed by atoms with Crippen LogP contribution in [0, 0.1) is 11.8 Å². The van der Waals surface area contributed by atoms with Crippen LogP contribution in [0.15, 0.2) is 34.4 Å². The summed E-state index contributed by atoms with van der Waals surface area (Å²) >= 11 is 1.82. The lowest BCUT2D eigenvalue weighted by atomic mass is 9.85. The first-order valence-corrected chi connectivity index (χ1v) is 38.3. The van der Waals surface area contributed by atoms with Gasteiger partial charge in [0, 0.05) is 38.9 Å². The Morgan fingerprint density at radius 2 is 0.765 bits per heavy atom. The SMILES string of the molecule is CC(C)(C)OCC(NC(=C=O)CCSCC(CCCCCCCCCCCCCCCC(=O)O)CC(CCCCCCCCCCCCCCC(=O)O)CCCCNC(=O)OC(C)(C)C)C(=C=O)NCC(=C=O)NCC(=C=O)NCC(=C=O)NCCCCCNC(=C=O)OC(C)(C)C. The van der Waals surface area contributed by atoms with E-state index in [1.54, 1.807) is 11.9 Å². The van der Waals surface area contributed by atoms with Gasteiger partial charge in [-0.2, -0.15) is 11.8 Å². The molecular weight excluding hydrogens is 1270 g/mol. The molecule has 9 N–H and O–H groups in total. The van der Waals surface area contributed by atoms with Gasteiger partial charge in [0.1, 0.15) is 69.7 Å². The number of aliphatic carboxylic acids is 2. The Morgan fingerprint density at radius 3 is 1.18 bits per heavy atom. The summed E-state index contributed by atoms with van der Waals surface area (Å²) in [6, 6.07) is -0.869. The number of hydrogen-bond acceptors (Lipinski definition) is 19. The monoisotopic (exact) mass is 1400 g/mol. The Balaban J connectivity index is 5.89. The van der Waals surface area contributed by atoms with E-state index in [1.165, 1.54) is 116 Å². The van der Waals surface area contributed by atoms with Crippen LogP contribution in [0.5, 0.6) is 0 Å². The van der Waals surface area contributed by atoms with Gasteiger partial charge in [-0.3, -0.25) is 9.59 Å². The lowest BCUT2D eigenvalue weighted by molar-refractivity contribution is -0.138. The summed E-state index contributed by atoms with van der Waals surface area (Å²) < 4.78 is 17.1. The minimum Gasteiger partial charge on any atom is -0.481 e. The number of hydrogen-bond donors (Lipinski definition) is 9. The first-order valence-electron chi connectivity index (χ1n) is 37.1. The van der Waals surface area contributed by atoms with Crippen LogP contribution in [-0.4, -0.2) is 144 Å². The van der Waals surface area contributed by atoms with Gasteiger partial charge in [0.15, 0.2) is 5.94 Å². The molecule has 0 rings (SSSR count). The number of carbonyl (C=O) groups is 3. The number of amides is 1. The fraction of sp³-hybridized carbons (Fsp3) is 0.803. The smallest absolute Gasteiger partial charge is 0.407 e. The highest BCUT2D eigenvalue weighted by Crippen LogP contribution is 2.31. The molecule has 0 aromatic rings. The van der Waals surface area contributed by atoms with E-state index in [2.05, 4.69) is 43.2 Å². The number of carboxylic acids is 2. The Hall–Kier alpha value is -6.18. The highest BCUT2D eigenvalue weighted by Gasteiger charge is 2.24. The van der Waals surface area contributed by atoms with Crippen molar-refractivity contribution in [2.24, 2.45) is 11.8 Å². The highest BCUT2D eigenvalue weighted by atomic mass is 32.2. The van der Waals surface area contributed by atoms with Crippen LogP contribution in [0.4, 0.5) is 4.79 Å². The Labute approximate surface area is 593 Å². The number of ether oxygens (including phenoxy) is 3. The van der Waals surface area contributed by atoms with Crippen molar-refractivity contribution in [2.75, 3.05) is 57.4 Å². The van der Waals surface area contributed by atoms with Gasteiger partial charge in [0.25, 0.3) is 5.88 Å². The third kappa shape index (κ3) is 59.8. The fourth-order valence-corrected chi connectivity index (χ4v) is 12.3. The summed E-state index contributed by atoms with van der Waals surface area (Å²) in [5.41, 5.74) is -1.30. The summed E-state index contributed by atoms with van der Waals surface area (Å²) in [5.74, 6) is 12.4. The Bertz CT molecular complexity index is 2470. The van der Waals surface area contributed by atoms with Gasteiger partial charge in [-0.25, -0.2) is 33.6 Å². The molecule has 3 unspecified atom stereocenters. The molecule has 1 amide bonds. The predicted molar refractivity (Wildman–Crippen MR) is 393 cm³/mol.